The highest BCUT2D eigenvalue weighted by molar-refractivity contribution is 6.35. The Labute approximate surface area is 125 Å². The van der Waals surface area contributed by atoms with E-state index in [0.717, 1.165) is 11.3 Å². The number of benzene rings is 2. The van der Waals surface area contributed by atoms with Crippen molar-refractivity contribution >= 4 is 40.5 Å². The van der Waals surface area contributed by atoms with Crippen LogP contribution in [0.2, 0.25) is 5.02 Å². The van der Waals surface area contributed by atoms with Crippen LogP contribution in [0.3, 0.4) is 0 Å². The molecule has 0 fully saturated rings. The zero-order valence-corrected chi connectivity index (χ0v) is 11.4. The van der Waals surface area contributed by atoms with Gasteiger partial charge in [-0.15, -0.1) is 0 Å². The topological polar surface area (TPSA) is 72.2 Å². The summed E-state index contributed by atoms with van der Waals surface area (Å²) in [5.41, 5.74) is 2.35. The van der Waals surface area contributed by atoms with Crippen molar-refractivity contribution < 1.29 is 9.72 Å². The molecule has 1 heterocycles. The maximum Gasteiger partial charge on any atom is 0.288 e. The van der Waals surface area contributed by atoms with Crippen molar-refractivity contribution in [2.75, 3.05) is 5.32 Å². The number of halogens is 1. The van der Waals surface area contributed by atoms with E-state index in [2.05, 4.69) is 5.32 Å². The minimum Gasteiger partial charge on any atom is -0.321 e. The highest BCUT2D eigenvalue weighted by Crippen LogP contribution is 2.33. The van der Waals surface area contributed by atoms with Gasteiger partial charge in [-0.1, -0.05) is 35.9 Å². The highest BCUT2D eigenvalue weighted by atomic mass is 35.5. The second-order valence-electron chi connectivity index (χ2n) is 4.53. The van der Waals surface area contributed by atoms with E-state index in [1.807, 2.05) is 18.2 Å². The van der Waals surface area contributed by atoms with Gasteiger partial charge in [0.1, 0.15) is 5.02 Å². The molecule has 0 atom stereocenters. The van der Waals surface area contributed by atoms with E-state index in [4.69, 9.17) is 11.6 Å². The number of carbonyl (C=O) groups excluding carboxylic acids is 1. The summed E-state index contributed by atoms with van der Waals surface area (Å²) >= 11 is 5.78. The highest BCUT2D eigenvalue weighted by Gasteiger charge is 2.23. The van der Waals surface area contributed by atoms with Crippen molar-refractivity contribution in [1.82, 2.24) is 0 Å². The van der Waals surface area contributed by atoms with Gasteiger partial charge in [0.05, 0.1) is 4.92 Å². The Hall–Kier alpha value is -2.66. The summed E-state index contributed by atoms with van der Waals surface area (Å²) in [7, 11) is 0. The lowest BCUT2D eigenvalue weighted by atomic mass is 10.0. The predicted molar refractivity (Wildman–Crippen MR) is 81.0 cm³/mol. The molecule has 21 heavy (non-hydrogen) atoms. The van der Waals surface area contributed by atoms with Crippen molar-refractivity contribution in [3.63, 3.8) is 0 Å². The first-order valence-corrected chi connectivity index (χ1v) is 6.50. The average Bonchev–Trinajstić information content (AvgIpc) is 2.77. The van der Waals surface area contributed by atoms with Crippen LogP contribution in [0.5, 0.6) is 0 Å². The SMILES string of the molecule is O=C1Nc2ccccc2C1=Cc1ccc(Cl)c([N+](=O)[O-])c1. The molecule has 0 aromatic heterocycles. The van der Waals surface area contributed by atoms with Gasteiger partial charge in [0.2, 0.25) is 0 Å². The molecule has 6 heteroatoms. The molecule has 1 N–H and O–H groups in total. The van der Waals surface area contributed by atoms with Gasteiger partial charge in [-0.05, 0) is 23.8 Å². The van der Waals surface area contributed by atoms with Gasteiger partial charge in [-0.3, -0.25) is 14.9 Å². The monoisotopic (exact) mass is 300 g/mol. The van der Waals surface area contributed by atoms with E-state index in [9.17, 15) is 14.9 Å². The number of nitro groups is 1. The second-order valence-corrected chi connectivity index (χ2v) is 4.93. The molecule has 104 valence electrons. The van der Waals surface area contributed by atoms with Crippen LogP contribution in [0.4, 0.5) is 11.4 Å². The lowest BCUT2D eigenvalue weighted by Crippen LogP contribution is -2.03. The zero-order chi connectivity index (χ0) is 15.0. The molecule has 0 spiro atoms. The van der Waals surface area contributed by atoms with Crippen molar-refractivity contribution in [2.24, 2.45) is 0 Å². The number of nitro benzene ring substituents is 1. The van der Waals surface area contributed by atoms with Crippen molar-refractivity contribution in [1.29, 1.82) is 0 Å². The third-order valence-corrected chi connectivity index (χ3v) is 3.51. The molecule has 2 aromatic rings. The minimum atomic E-state index is -0.549. The van der Waals surface area contributed by atoms with Gasteiger partial charge in [0.25, 0.3) is 11.6 Å². The molecular weight excluding hydrogens is 292 g/mol. The first-order chi connectivity index (χ1) is 10.1. The summed E-state index contributed by atoms with van der Waals surface area (Å²) in [5.74, 6) is -0.228. The van der Waals surface area contributed by atoms with Gasteiger partial charge in [0, 0.05) is 22.9 Å². The lowest BCUT2D eigenvalue weighted by Gasteiger charge is -2.00. The number of nitrogens with zero attached hydrogens (tertiary/aromatic N) is 1. The Bertz CT molecular complexity index is 799. The van der Waals surface area contributed by atoms with Crippen LogP contribution >= 0.6 is 11.6 Å². The molecule has 1 amide bonds. The zero-order valence-electron chi connectivity index (χ0n) is 10.7. The number of anilines is 1. The lowest BCUT2D eigenvalue weighted by molar-refractivity contribution is -0.384. The van der Waals surface area contributed by atoms with Gasteiger partial charge in [-0.2, -0.15) is 0 Å². The maximum absolute atomic E-state index is 12.0. The second kappa shape index (κ2) is 5.03. The average molecular weight is 301 g/mol. The standard InChI is InChI=1S/C15H9ClN2O3/c16-12-6-5-9(8-14(12)18(20)21)7-11-10-3-1-2-4-13(10)17-15(11)19/h1-8H,(H,17,19). The fourth-order valence-electron chi connectivity index (χ4n) is 2.21. The molecule has 0 bridgehead atoms. The van der Waals surface area contributed by atoms with Crippen LogP contribution in [0.15, 0.2) is 42.5 Å². The van der Waals surface area contributed by atoms with Gasteiger partial charge >= 0.3 is 0 Å². The summed E-state index contributed by atoms with van der Waals surface area (Å²) in [5, 5.41) is 13.7. The van der Waals surface area contributed by atoms with Crippen LogP contribution < -0.4 is 5.32 Å². The number of amides is 1. The van der Waals surface area contributed by atoms with E-state index in [0.29, 0.717) is 11.1 Å². The van der Waals surface area contributed by atoms with E-state index < -0.39 is 4.92 Å². The Balaban J connectivity index is 2.09. The summed E-state index contributed by atoms with van der Waals surface area (Å²) in [6.07, 6.45) is 1.62. The van der Waals surface area contributed by atoms with Gasteiger partial charge in [-0.25, -0.2) is 0 Å². The maximum atomic E-state index is 12.0. The molecular formula is C15H9ClN2O3. The summed E-state index contributed by atoms with van der Waals surface area (Å²) < 4.78 is 0. The van der Waals surface area contributed by atoms with Crippen LogP contribution in [0.25, 0.3) is 11.6 Å². The molecule has 0 aliphatic carbocycles. The van der Waals surface area contributed by atoms with Gasteiger partial charge in [0.15, 0.2) is 0 Å². The normalized spacial score (nSPS) is 14.9. The van der Waals surface area contributed by atoms with Crippen LogP contribution in [-0.4, -0.2) is 10.8 Å². The molecule has 1 aliphatic rings. The molecule has 0 saturated carbocycles. The number of nitrogens with one attached hydrogen (secondary N) is 1. The molecule has 0 radical (unpaired) electrons. The summed E-state index contributed by atoms with van der Waals surface area (Å²) in [6, 6.07) is 11.7. The Morgan fingerprint density at radius 1 is 1.19 bits per heavy atom. The van der Waals surface area contributed by atoms with Crippen LogP contribution in [0.1, 0.15) is 11.1 Å². The summed E-state index contributed by atoms with van der Waals surface area (Å²) in [6.45, 7) is 0. The number of carbonyl (C=O) groups is 1. The number of para-hydroxylation sites is 1. The molecule has 0 unspecified atom stereocenters. The molecule has 1 aliphatic heterocycles. The fourth-order valence-corrected chi connectivity index (χ4v) is 2.39. The Morgan fingerprint density at radius 2 is 1.95 bits per heavy atom. The first kappa shape index (κ1) is 13.3. The van der Waals surface area contributed by atoms with Crippen LogP contribution in [-0.2, 0) is 4.79 Å². The summed E-state index contributed by atoms with van der Waals surface area (Å²) in [4.78, 5) is 22.3. The number of fused-ring (bicyclic) bond motifs is 1. The van der Waals surface area contributed by atoms with Gasteiger partial charge < -0.3 is 5.32 Å². The third kappa shape index (κ3) is 2.39. The molecule has 2 aromatic carbocycles. The molecule has 0 saturated heterocycles. The minimum absolute atomic E-state index is 0.0680. The van der Waals surface area contributed by atoms with E-state index >= 15 is 0 Å². The number of hydrogen-bond donors (Lipinski definition) is 1. The number of rotatable bonds is 2. The molecule has 3 rings (SSSR count). The van der Waals surface area contributed by atoms with E-state index in [1.54, 1.807) is 18.2 Å². The first-order valence-electron chi connectivity index (χ1n) is 6.12. The number of hydrogen-bond acceptors (Lipinski definition) is 3. The Morgan fingerprint density at radius 3 is 2.71 bits per heavy atom. The molecule has 5 nitrogen and oxygen atoms in total. The van der Waals surface area contributed by atoms with Crippen molar-refractivity contribution in [2.45, 2.75) is 0 Å². The predicted octanol–water partition coefficient (Wildman–Crippen LogP) is 3.74. The largest absolute Gasteiger partial charge is 0.321 e. The Kier molecular flexibility index (Phi) is 3.19. The van der Waals surface area contributed by atoms with Crippen molar-refractivity contribution in [3.05, 3.63) is 68.7 Å². The smallest absolute Gasteiger partial charge is 0.288 e. The van der Waals surface area contributed by atoms with Crippen molar-refractivity contribution in [3.8, 4) is 0 Å². The third-order valence-electron chi connectivity index (χ3n) is 3.19. The van der Waals surface area contributed by atoms with E-state index in [-0.39, 0.29) is 16.6 Å². The van der Waals surface area contributed by atoms with Crippen LogP contribution in [0, 0.1) is 10.1 Å². The fraction of sp³-hybridized carbons (Fsp3) is 0. The van der Waals surface area contributed by atoms with E-state index in [1.165, 1.54) is 12.1 Å². The quantitative estimate of drug-likeness (QED) is 0.521.